The van der Waals surface area contributed by atoms with Gasteiger partial charge in [0.2, 0.25) is 0 Å². The van der Waals surface area contributed by atoms with E-state index in [1.807, 2.05) is 62.4 Å². The van der Waals surface area contributed by atoms with Crippen molar-refractivity contribution in [2.24, 2.45) is 0 Å². The van der Waals surface area contributed by atoms with Gasteiger partial charge in [-0.05, 0) is 55.8 Å². The van der Waals surface area contributed by atoms with Crippen molar-refractivity contribution in [1.82, 2.24) is 4.57 Å². The van der Waals surface area contributed by atoms with Gasteiger partial charge in [0, 0.05) is 22.6 Å². The molecule has 4 heteroatoms. The Hall–Kier alpha value is -3.03. The average Bonchev–Trinajstić information content (AvgIpc) is 2.94. The SMILES string of the molecule is Cc1cc(CO)c(C)n1-c1ccc(OCc2ccccc2C#N)cc1. The lowest BCUT2D eigenvalue weighted by Gasteiger charge is -2.12. The first-order valence-corrected chi connectivity index (χ1v) is 8.14. The van der Waals surface area contributed by atoms with E-state index in [0.29, 0.717) is 12.2 Å². The Bertz CT molecular complexity index is 918. The lowest BCUT2D eigenvalue weighted by Crippen LogP contribution is -2.01. The summed E-state index contributed by atoms with van der Waals surface area (Å²) in [5.74, 6) is 0.751. The summed E-state index contributed by atoms with van der Waals surface area (Å²) >= 11 is 0. The van der Waals surface area contributed by atoms with Crippen LogP contribution in [0.3, 0.4) is 0 Å². The molecule has 2 aromatic carbocycles. The van der Waals surface area contributed by atoms with Crippen LogP contribution in [0.1, 0.15) is 28.1 Å². The molecule has 3 rings (SSSR count). The van der Waals surface area contributed by atoms with Crippen molar-refractivity contribution in [2.45, 2.75) is 27.1 Å². The van der Waals surface area contributed by atoms with E-state index < -0.39 is 0 Å². The molecular weight excluding hydrogens is 312 g/mol. The second kappa shape index (κ2) is 7.25. The molecule has 0 aliphatic rings. The largest absolute Gasteiger partial charge is 0.489 e. The zero-order valence-corrected chi connectivity index (χ0v) is 14.4. The lowest BCUT2D eigenvalue weighted by molar-refractivity contribution is 0.281. The summed E-state index contributed by atoms with van der Waals surface area (Å²) in [6.07, 6.45) is 0. The van der Waals surface area contributed by atoms with Crippen LogP contribution in [0.25, 0.3) is 5.69 Å². The van der Waals surface area contributed by atoms with Crippen LogP contribution in [-0.2, 0) is 13.2 Å². The highest BCUT2D eigenvalue weighted by Gasteiger charge is 2.10. The second-order valence-electron chi connectivity index (χ2n) is 5.94. The molecule has 25 heavy (non-hydrogen) atoms. The van der Waals surface area contributed by atoms with E-state index in [-0.39, 0.29) is 6.61 Å². The molecular formula is C21H20N2O2. The number of nitriles is 1. The Morgan fingerprint density at radius 2 is 1.76 bits per heavy atom. The highest BCUT2D eigenvalue weighted by molar-refractivity contribution is 5.44. The molecule has 3 aromatic rings. The molecule has 126 valence electrons. The topological polar surface area (TPSA) is 58.2 Å². The number of aromatic nitrogens is 1. The molecule has 0 amide bonds. The van der Waals surface area contributed by atoms with Gasteiger partial charge in [-0.15, -0.1) is 0 Å². The van der Waals surface area contributed by atoms with Crippen LogP contribution < -0.4 is 4.74 Å². The number of nitrogens with zero attached hydrogens (tertiary/aromatic N) is 2. The zero-order chi connectivity index (χ0) is 17.8. The van der Waals surface area contributed by atoms with Gasteiger partial charge in [0.25, 0.3) is 0 Å². The molecule has 0 saturated carbocycles. The number of rotatable bonds is 5. The molecule has 0 aliphatic heterocycles. The Morgan fingerprint density at radius 1 is 1.04 bits per heavy atom. The summed E-state index contributed by atoms with van der Waals surface area (Å²) in [4.78, 5) is 0. The fourth-order valence-corrected chi connectivity index (χ4v) is 2.99. The summed E-state index contributed by atoms with van der Waals surface area (Å²) < 4.78 is 7.92. The van der Waals surface area contributed by atoms with E-state index in [1.54, 1.807) is 6.07 Å². The predicted molar refractivity (Wildman–Crippen MR) is 96.7 cm³/mol. The van der Waals surface area contributed by atoms with Gasteiger partial charge in [-0.25, -0.2) is 0 Å². The minimum Gasteiger partial charge on any atom is -0.489 e. The summed E-state index contributed by atoms with van der Waals surface area (Å²) in [5, 5.41) is 18.5. The summed E-state index contributed by atoms with van der Waals surface area (Å²) in [7, 11) is 0. The molecule has 0 aliphatic carbocycles. The fraction of sp³-hybridized carbons (Fsp3) is 0.190. The minimum absolute atomic E-state index is 0.0408. The Labute approximate surface area is 147 Å². The van der Waals surface area contributed by atoms with Crippen molar-refractivity contribution in [3.8, 4) is 17.5 Å². The van der Waals surface area contributed by atoms with Gasteiger partial charge in [0.15, 0.2) is 0 Å². The zero-order valence-electron chi connectivity index (χ0n) is 14.4. The average molecular weight is 332 g/mol. The first-order chi connectivity index (χ1) is 12.1. The van der Waals surface area contributed by atoms with Gasteiger partial charge >= 0.3 is 0 Å². The molecule has 1 aromatic heterocycles. The standard InChI is InChI=1S/C21H20N2O2/c1-15-11-19(13-24)16(2)23(15)20-7-9-21(10-8-20)25-14-18-6-4-3-5-17(18)12-22/h3-11,24H,13-14H2,1-2H3. The molecule has 0 spiro atoms. The molecule has 0 bridgehead atoms. The van der Waals surface area contributed by atoms with Crippen molar-refractivity contribution >= 4 is 0 Å². The number of aryl methyl sites for hydroxylation is 1. The predicted octanol–water partition coefficient (Wildman–Crippen LogP) is 4.04. The van der Waals surface area contributed by atoms with Crippen LogP contribution in [0.15, 0.2) is 54.6 Å². The fourth-order valence-electron chi connectivity index (χ4n) is 2.99. The second-order valence-corrected chi connectivity index (χ2v) is 5.94. The quantitative estimate of drug-likeness (QED) is 0.767. The summed E-state index contributed by atoms with van der Waals surface area (Å²) in [6, 6.07) is 19.4. The van der Waals surface area contributed by atoms with Crippen LogP contribution in [0.4, 0.5) is 0 Å². The van der Waals surface area contributed by atoms with Gasteiger partial charge in [-0.2, -0.15) is 5.26 Å². The third-order valence-electron chi connectivity index (χ3n) is 4.33. The normalized spacial score (nSPS) is 10.5. The number of aliphatic hydroxyl groups is 1. The van der Waals surface area contributed by atoms with Gasteiger partial charge < -0.3 is 14.4 Å². The third kappa shape index (κ3) is 3.42. The molecule has 0 saturated heterocycles. The lowest BCUT2D eigenvalue weighted by atomic mass is 10.1. The third-order valence-corrected chi connectivity index (χ3v) is 4.33. The maximum Gasteiger partial charge on any atom is 0.119 e. The smallest absolute Gasteiger partial charge is 0.119 e. The van der Waals surface area contributed by atoms with Crippen LogP contribution in [-0.4, -0.2) is 9.67 Å². The van der Waals surface area contributed by atoms with E-state index >= 15 is 0 Å². The van der Waals surface area contributed by atoms with Crippen LogP contribution in [0, 0.1) is 25.2 Å². The number of hydrogen-bond donors (Lipinski definition) is 1. The molecule has 0 atom stereocenters. The molecule has 1 N–H and O–H groups in total. The van der Waals surface area contributed by atoms with Crippen LogP contribution in [0.2, 0.25) is 0 Å². The van der Waals surface area contributed by atoms with Gasteiger partial charge in [-0.3, -0.25) is 0 Å². The van der Waals surface area contributed by atoms with Crippen molar-refractivity contribution < 1.29 is 9.84 Å². The molecule has 4 nitrogen and oxygen atoms in total. The Balaban J connectivity index is 1.77. The maximum absolute atomic E-state index is 9.41. The Morgan fingerprint density at radius 3 is 2.40 bits per heavy atom. The van der Waals surface area contributed by atoms with Crippen molar-refractivity contribution in [1.29, 1.82) is 5.26 Å². The van der Waals surface area contributed by atoms with Crippen LogP contribution >= 0.6 is 0 Å². The first-order valence-electron chi connectivity index (χ1n) is 8.14. The molecule has 1 heterocycles. The van der Waals surface area contributed by atoms with Gasteiger partial charge in [0.05, 0.1) is 18.2 Å². The summed E-state index contributed by atoms with van der Waals surface area (Å²) in [6.45, 7) is 4.43. The van der Waals surface area contributed by atoms with Crippen molar-refractivity contribution in [3.05, 3.63) is 82.7 Å². The number of aliphatic hydroxyl groups excluding tert-OH is 1. The van der Waals surface area contributed by atoms with E-state index in [2.05, 4.69) is 10.6 Å². The number of hydrogen-bond acceptors (Lipinski definition) is 3. The first kappa shape index (κ1) is 16.8. The number of ether oxygens (including phenoxy) is 1. The van der Waals surface area contributed by atoms with E-state index in [4.69, 9.17) is 10.00 Å². The summed E-state index contributed by atoms with van der Waals surface area (Å²) in [5.41, 5.74) is 5.59. The Kier molecular flexibility index (Phi) is 4.87. The highest BCUT2D eigenvalue weighted by atomic mass is 16.5. The van der Waals surface area contributed by atoms with Crippen LogP contribution in [0.5, 0.6) is 5.75 Å². The highest BCUT2D eigenvalue weighted by Crippen LogP contribution is 2.23. The van der Waals surface area contributed by atoms with Gasteiger partial charge in [-0.1, -0.05) is 18.2 Å². The van der Waals surface area contributed by atoms with Crippen molar-refractivity contribution in [2.75, 3.05) is 0 Å². The van der Waals surface area contributed by atoms with E-state index in [9.17, 15) is 5.11 Å². The van der Waals surface area contributed by atoms with Gasteiger partial charge in [0.1, 0.15) is 12.4 Å². The van der Waals surface area contributed by atoms with Crippen molar-refractivity contribution in [3.63, 3.8) is 0 Å². The molecule has 0 unspecified atom stereocenters. The minimum atomic E-state index is 0.0408. The van der Waals surface area contributed by atoms with E-state index in [0.717, 1.165) is 34.0 Å². The number of benzene rings is 2. The molecule has 0 fully saturated rings. The monoisotopic (exact) mass is 332 g/mol. The van der Waals surface area contributed by atoms with E-state index in [1.165, 1.54) is 0 Å². The molecule has 0 radical (unpaired) electrons. The maximum atomic E-state index is 9.41.